The summed E-state index contributed by atoms with van der Waals surface area (Å²) in [6.07, 6.45) is 0. The van der Waals surface area contributed by atoms with Gasteiger partial charge in [-0.05, 0) is 68.3 Å². The molecule has 6 nitrogen and oxygen atoms in total. The van der Waals surface area contributed by atoms with Crippen molar-refractivity contribution in [3.8, 4) is 11.5 Å². The summed E-state index contributed by atoms with van der Waals surface area (Å²) in [5, 5.41) is 2.65. The lowest BCUT2D eigenvalue weighted by atomic mass is 10.1. The van der Waals surface area contributed by atoms with Gasteiger partial charge in [0.1, 0.15) is 18.1 Å². The van der Waals surface area contributed by atoms with Crippen molar-refractivity contribution in [3.63, 3.8) is 0 Å². The monoisotopic (exact) mass is 371 g/mol. The van der Waals surface area contributed by atoms with E-state index in [0.717, 1.165) is 16.9 Å². The van der Waals surface area contributed by atoms with Gasteiger partial charge in [0.15, 0.2) is 6.61 Å². The van der Waals surface area contributed by atoms with E-state index < -0.39 is 5.97 Å². The van der Waals surface area contributed by atoms with Crippen LogP contribution in [0, 0.1) is 13.8 Å². The van der Waals surface area contributed by atoms with Crippen molar-refractivity contribution in [1.29, 1.82) is 0 Å². The number of amides is 1. The van der Waals surface area contributed by atoms with Crippen molar-refractivity contribution in [1.82, 2.24) is 5.32 Å². The van der Waals surface area contributed by atoms with Gasteiger partial charge >= 0.3 is 5.97 Å². The summed E-state index contributed by atoms with van der Waals surface area (Å²) in [6.45, 7) is 6.72. The first-order valence-electron chi connectivity index (χ1n) is 8.86. The molecule has 0 aliphatic rings. The molecule has 0 atom stereocenters. The largest absolute Gasteiger partial charge is 0.494 e. The summed E-state index contributed by atoms with van der Waals surface area (Å²) >= 11 is 0. The minimum atomic E-state index is -0.515. The zero-order chi connectivity index (χ0) is 19.6. The molecular weight excluding hydrogens is 346 g/mol. The fourth-order valence-corrected chi connectivity index (χ4v) is 2.29. The Balaban J connectivity index is 1.65. The second kappa shape index (κ2) is 10.2. The highest BCUT2D eigenvalue weighted by atomic mass is 16.5. The Morgan fingerprint density at radius 1 is 0.926 bits per heavy atom. The van der Waals surface area contributed by atoms with Crippen LogP contribution in [0.3, 0.4) is 0 Å². The summed E-state index contributed by atoms with van der Waals surface area (Å²) in [7, 11) is 0. The van der Waals surface area contributed by atoms with Gasteiger partial charge in [-0.1, -0.05) is 6.07 Å². The number of carbonyl (C=O) groups is 2. The zero-order valence-corrected chi connectivity index (χ0v) is 15.9. The summed E-state index contributed by atoms with van der Waals surface area (Å²) in [5.74, 6) is 0.582. The first-order valence-corrected chi connectivity index (χ1v) is 8.86. The molecule has 0 aliphatic heterocycles. The van der Waals surface area contributed by atoms with Gasteiger partial charge in [0.25, 0.3) is 5.91 Å². The molecular formula is C21H25NO5. The first kappa shape index (κ1) is 20.3. The van der Waals surface area contributed by atoms with E-state index in [1.807, 2.05) is 39.0 Å². The molecule has 2 aromatic rings. The maximum Gasteiger partial charge on any atom is 0.338 e. The average molecular weight is 371 g/mol. The number of hydrogen-bond donors (Lipinski definition) is 1. The predicted octanol–water partition coefficient (Wildman–Crippen LogP) is 3.05. The summed E-state index contributed by atoms with van der Waals surface area (Å²) in [5.41, 5.74) is 2.53. The van der Waals surface area contributed by atoms with Crippen molar-refractivity contribution in [3.05, 3.63) is 59.2 Å². The van der Waals surface area contributed by atoms with Crippen LogP contribution in [0.4, 0.5) is 0 Å². The van der Waals surface area contributed by atoms with E-state index in [1.165, 1.54) is 0 Å². The van der Waals surface area contributed by atoms with E-state index >= 15 is 0 Å². The Morgan fingerprint density at radius 3 is 2.22 bits per heavy atom. The molecule has 0 aliphatic carbocycles. The number of ether oxygens (including phenoxy) is 3. The van der Waals surface area contributed by atoms with Gasteiger partial charge in [0, 0.05) is 0 Å². The van der Waals surface area contributed by atoms with Crippen molar-refractivity contribution in [2.75, 3.05) is 26.4 Å². The summed E-state index contributed by atoms with van der Waals surface area (Å²) in [6, 6.07) is 12.5. The van der Waals surface area contributed by atoms with Gasteiger partial charge in [0.05, 0.1) is 18.7 Å². The Kier molecular flexibility index (Phi) is 7.67. The van der Waals surface area contributed by atoms with Gasteiger partial charge in [0.2, 0.25) is 0 Å². The van der Waals surface area contributed by atoms with E-state index in [9.17, 15) is 9.59 Å². The third-order valence-electron chi connectivity index (χ3n) is 3.90. The minimum absolute atomic E-state index is 0.310. The number of rotatable bonds is 9. The molecule has 0 saturated heterocycles. The molecule has 0 unspecified atom stereocenters. The lowest BCUT2D eigenvalue weighted by Crippen LogP contribution is -2.32. The van der Waals surface area contributed by atoms with Crippen LogP contribution in [0.25, 0.3) is 0 Å². The molecule has 144 valence electrons. The van der Waals surface area contributed by atoms with Crippen LogP contribution in [0.5, 0.6) is 11.5 Å². The molecule has 27 heavy (non-hydrogen) atoms. The van der Waals surface area contributed by atoms with Crippen LogP contribution >= 0.6 is 0 Å². The van der Waals surface area contributed by atoms with Crippen LogP contribution in [0.15, 0.2) is 42.5 Å². The molecule has 1 amide bonds. The lowest BCUT2D eigenvalue weighted by Gasteiger charge is -2.09. The first-order chi connectivity index (χ1) is 13.0. The Bertz CT molecular complexity index is 771. The van der Waals surface area contributed by atoms with E-state index in [1.54, 1.807) is 24.3 Å². The maximum absolute atomic E-state index is 12.0. The number of nitrogens with one attached hydrogen (secondary N) is 1. The Hall–Kier alpha value is -3.02. The molecule has 2 aromatic carbocycles. The van der Waals surface area contributed by atoms with E-state index in [0.29, 0.717) is 31.1 Å². The van der Waals surface area contributed by atoms with Crippen LogP contribution in [-0.4, -0.2) is 38.2 Å². The highest BCUT2D eigenvalue weighted by molar-refractivity contribution is 5.91. The average Bonchev–Trinajstić information content (AvgIpc) is 2.67. The van der Waals surface area contributed by atoms with Gasteiger partial charge < -0.3 is 19.5 Å². The smallest absolute Gasteiger partial charge is 0.338 e. The van der Waals surface area contributed by atoms with Crippen LogP contribution in [-0.2, 0) is 9.53 Å². The molecule has 0 saturated carbocycles. The van der Waals surface area contributed by atoms with Crippen molar-refractivity contribution < 1.29 is 23.8 Å². The second-order valence-corrected chi connectivity index (χ2v) is 5.98. The highest BCUT2D eigenvalue weighted by Gasteiger charge is 2.10. The molecule has 0 bridgehead atoms. The quantitative estimate of drug-likeness (QED) is 0.542. The second-order valence-electron chi connectivity index (χ2n) is 5.98. The fraction of sp³-hybridized carbons (Fsp3) is 0.333. The van der Waals surface area contributed by atoms with Gasteiger partial charge in [-0.15, -0.1) is 0 Å². The normalized spacial score (nSPS) is 10.2. The molecule has 0 fully saturated rings. The van der Waals surface area contributed by atoms with E-state index in [2.05, 4.69) is 5.32 Å². The van der Waals surface area contributed by atoms with Crippen LogP contribution in [0.2, 0.25) is 0 Å². The molecule has 6 heteroatoms. The van der Waals surface area contributed by atoms with Gasteiger partial charge in [-0.25, -0.2) is 4.79 Å². The third kappa shape index (κ3) is 6.66. The highest BCUT2D eigenvalue weighted by Crippen LogP contribution is 2.17. The number of hydrogen-bond acceptors (Lipinski definition) is 5. The summed E-state index contributed by atoms with van der Waals surface area (Å²) < 4.78 is 15.9. The molecule has 0 spiro atoms. The van der Waals surface area contributed by atoms with Crippen molar-refractivity contribution in [2.45, 2.75) is 20.8 Å². The maximum atomic E-state index is 12.0. The Morgan fingerprint density at radius 2 is 1.59 bits per heavy atom. The molecule has 1 N–H and O–H groups in total. The third-order valence-corrected chi connectivity index (χ3v) is 3.90. The van der Waals surface area contributed by atoms with Crippen molar-refractivity contribution in [2.24, 2.45) is 0 Å². The minimum Gasteiger partial charge on any atom is -0.494 e. The van der Waals surface area contributed by atoms with Gasteiger partial charge in [-0.2, -0.15) is 0 Å². The standard InChI is InChI=1S/C21H25NO5/c1-4-25-18-7-9-19(10-8-18)26-12-11-22-20(23)14-27-21(24)17-6-5-15(2)16(3)13-17/h5-10,13H,4,11-12,14H2,1-3H3,(H,22,23). The zero-order valence-electron chi connectivity index (χ0n) is 15.9. The topological polar surface area (TPSA) is 73.9 Å². The lowest BCUT2D eigenvalue weighted by molar-refractivity contribution is -0.124. The molecule has 0 heterocycles. The molecule has 0 radical (unpaired) electrons. The van der Waals surface area contributed by atoms with Crippen LogP contribution in [0.1, 0.15) is 28.4 Å². The number of benzene rings is 2. The Labute approximate surface area is 159 Å². The summed E-state index contributed by atoms with van der Waals surface area (Å²) in [4.78, 5) is 23.7. The number of esters is 1. The number of aryl methyl sites for hydroxylation is 2. The van der Waals surface area contributed by atoms with Crippen molar-refractivity contribution >= 4 is 11.9 Å². The van der Waals surface area contributed by atoms with Crippen LogP contribution < -0.4 is 14.8 Å². The predicted molar refractivity (Wildman–Crippen MR) is 102 cm³/mol. The number of carbonyl (C=O) groups excluding carboxylic acids is 2. The van der Waals surface area contributed by atoms with E-state index in [-0.39, 0.29) is 12.5 Å². The van der Waals surface area contributed by atoms with E-state index in [4.69, 9.17) is 14.2 Å². The molecule has 0 aromatic heterocycles. The molecule has 2 rings (SSSR count). The SMILES string of the molecule is CCOc1ccc(OCCNC(=O)COC(=O)c2ccc(C)c(C)c2)cc1. The fourth-order valence-electron chi connectivity index (χ4n) is 2.29. The van der Waals surface area contributed by atoms with Gasteiger partial charge in [-0.3, -0.25) is 4.79 Å².